The average molecular weight is 271 g/mol. The summed E-state index contributed by atoms with van der Waals surface area (Å²) in [6.45, 7) is 5.53. The summed E-state index contributed by atoms with van der Waals surface area (Å²) in [5, 5.41) is 3.07. The van der Waals surface area contributed by atoms with Gasteiger partial charge in [0.15, 0.2) is 11.6 Å². The predicted molar refractivity (Wildman–Crippen MR) is 73.2 cm³/mol. The first kappa shape index (κ1) is 16.1. The lowest BCUT2D eigenvalue weighted by molar-refractivity contribution is -0.0477. The quantitative estimate of drug-likeness (QED) is 0.851. The topological polar surface area (TPSA) is 21.3 Å². The zero-order valence-electron chi connectivity index (χ0n) is 12.3. The summed E-state index contributed by atoms with van der Waals surface area (Å²) in [4.78, 5) is 0. The number of aryl methyl sites for hydroxylation is 1. The fraction of sp³-hybridized carbons (Fsp3) is 0.600. The van der Waals surface area contributed by atoms with Gasteiger partial charge in [-0.2, -0.15) is 0 Å². The van der Waals surface area contributed by atoms with E-state index in [0.29, 0.717) is 24.0 Å². The van der Waals surface area contributed by atoms with E-state index in [1.165, 1.54) is 0 Å². The maximum absolute atomic E-state index is 14.2. The highest BCUT2D eigenvalue weighted by atomic mass is 19.2. The maximum Gasteiger partial charge on any atom is 0.163 e. The number of nitrogens with one attached hydrogen (secondary N) is 1. The molecular weight excluding hydrogens is 248 g/mol. The van der Waals surface area contributed by atoms with Gasteiger partial charge in [0.05, 0.1) is 11.6 Å². The van der Waals surface area contributed by atoms with E-state index in [2.05, 4.69) is 5.32 Å². The molecule has 1 atom stereocenters. The number of likely N-dealkylation sites (N-methyl/N-ethyl adjacent to an activating group) is 1. The van der Waals surface area contributed by atoms with Crippen LogP contribution >= 0.6 is 0 Å². The van der Waals surface area contributed by atoms with E-state index in [4.69, 9.17) is 4.74 Å². The van der Waals surface area contributed by atoms with Crippen LogP contribution in [-0.2, 0) is 4.74 Å². The number of rotatable bonds is 6. The van der Waals surface area contributed by atoms with Crippen LogP contribution in [0.25, 0.3) is 0 Å². The van der Waals surface area contributed by atoms with Crippen LogP contribution in [0.3, 0.4) is 0 Å². The van der Waals surface area contributed by atoms with Crippen molar-refractivity contribution in [2.45, 2.75) is 45.3 Å². The second-order valence-corrected chi connectivity index (χ2v) is 4.80. The van der Waals surface area contributed by atoms with Crippen molar-refractivity contribution >= 4 is 0 Å². The number of hydrogen-bond acceptors (Lipinski definition) is 2. The summed E-state index contributed by atoms with van der Waals surface area (Å²) in [6.07, 6.45) is 1.42. The molecule has 2 nitrogen and oxygen atoms in total. The molecule has 0 saturated carbocycles. The van der Waals surface area contributed by atoms with E-state index in [1.54, 1.807) is 33.2 Å². The molecule has 1 aromatic carbocycles. The first-order chi connectivity index (χ1) is 8.97. The molecule has 0 aliphatic carbocycles. The molecule has 0 aliphatic heterocycles. The Kier molecular flexibility index (Phi) is 5.44. The molecule has 1 unspecified atom stereocenters. The highest BCUT2D eigenvalue weighted by Gasteiger charge is 2.38. The summed E-state index contributed by atoms with van der Waals surface area (Å²) in [5.41, 5.74) is 0.0837. The Bertz CT molecular complexity index is 422. The smallest absolute Gasteiger partial charge is 0.163 e. The van der Waals surface area contributed by atoms with Gasteiger partial charge in [0, 0.05) is 12.7 Å². The minimum Gasteiger partial charge on any atom is -0.376 e. The summed E-state index contributed by atoms with van der Waals surface area (Å²) in [7, 11) is 3.35. The number of methoxy groups -OCH3 is 1. The monoisotopic (exact) mass is 271 g/mol. The minimum atomic E-state index is -0.789. The largest absolute Gasteiger partial charge is 0.376 e. The molecule has 0 fully saturated rings. The molecule has 0 aromatic heterocycles. The van der Waals surface area contributed by atoms with Gasteiger partial charge in [0.2, 0.25) is 0 Å². The van der Waals surface area contributed by atoms with Crippen molar-refractivity contribution in [2.24, 2.45) is 0 Å². The SMILES string of the molecule is CCC(CC)(OC)C(NC)c1ccc(C)c(F)c1F. The highest BCUT2D eigenvalue weighted by molar-refractivity contribution is 5.30. The van der Waals surface area contributed by atoms with Crippen LogP contribution in [-0.4, -0.2) is 19.8 Å². The fourth-order valence-corrected chi connectivity index (χ4v) is 2.65. The van der Waals surface area contributed by atoms with Crippen molar-refractivity contribution in [3.63, 3.8) is 0 Å². The summed E-state index contributed by atoms with van der Waals surface area (Å²) in [6, 6.07) is 2.85. The van der Waals surface area contributed by atoms with Crippen molar-refractivity contribution in [2.75, 3.05) is 14.2 Å². The molecule has 0 bridgehead atoms. The van der Waals surface area contributed by atoms with E-state index in [0.717, 1.165) is 0 Å². The Morgan fingerprint density at radius 3 is 2.21 bits per heavy atom. The van der Waals surface area contributed by atoms with E-state index < -0.39 is 17.2 Å². The molecule has 0 radical (unpaired) electrons. The predicted octanol–water partition coefficient (Wildman–Crippen LogP) is 3.74. The summed E-state index contributed by atoms with van der Waals surface area (Å²) < 4.78 is 33.5. The molecule has 1 N–H and O–H groups in total. The lowest BCUT2D eigenvalue weighted by Gasteiger charge is -2.38. The van der Waals surface area contributed by atoms with Gasteiger partial charge in [-0.1, -0.05) is 26.0 Å². The number of halogens is 2. The molecule has 1 aromatic rings. The Morgan fingerprint density at radius 1 is 1.21 bits per heavy atom. The van der Waals surface area contributed by atoms with Crippen molar-refractivity contribution in [3.8, 4) is 0 Å². The second kappa shape index (κ2) is 6.44. The number of ether oxygens (including phenoxy) is 1. The van der Waals surface area contributed by atoms with Gasteiger partial charge in [-0.05, 0) is 32.4 Å². The van der Waals surface area contributed by atoms with Crippen LogP contribution in [0.4, 0.5) is 8.78 Å². The third-order valence-electron chi connectivity index (χ3n) is 4.03. The molecule has 0 amide bonds. The van der Waals surface area contributed by atoms with Crippen molar-refractivity contribution < 1.29 is 13.5 Å². The molecular formula is C15H23F2NO. The van der Waals surface area contributed by atoms with Gasteiger partial charge >= 0.3 is 0 Å². The van der Waals surface area contributed by atoms with E-state index in [1.807, 2.05) is 13.8 Å². The van der Waals surface area contributed by atoms with Gasteiger partial charge in [-0.3, -0.25) is 0 Å². The Labute approximate surface area is 114 Å². The lowest BCUT2D eigenvalue weighted by Crippen LogP contribution is -2.44. The van der Waals surface area contributed by atoms with Crippen LogP contribution < -0.4 is 5.32 Å². The first-order valence-electron chi connectivity index (χ1n) is 6.64. The molecule has 0 aliphatic rings. The third kappa shape index (κ3) is 2.79. The van der Waals surface area contributed by atoms with Gasteiger partial charge in [-0.25, -0.2) is 8.78 Å². The summed E-state index contributed by atoms with van der Waals surface area (Å²) >= 11 is 0. The van der Waals surface area contributed by atoms with Gasteiger partial charge < -0.3 is 10.1 Å². The molecule has 108 valence electrons. The fourth-order valence-electron chi connectivity index (χ4n) is 2.65. The highest BCUT2D eigenvalue weighted by Crippen LogP contribution is 2.36. The Balaban J connectivity index is 3.35. The standard InChI is InChI=1S/C15H23F2NO/c1-6-15(7-2,19-5)14(18-4)11-9-8-10(3)12(16)13(11)17/h8-9,14,18H,6-7H2,1-5H3. The van der Waals surface area contributed by atoms with E-state index >= 15 is 0 Å². The number of hydrogen-bond donors (Lipinski definition) is 1. The van der Waals surface area contributed by atoms with Gasteiger partial charge in [-0.15, -0.1) is 0 Å². The number of benzene rings is 1. The maximum atomic E-state index is 14.2. The van der Waals surface area contributed by atoms with Crippen LogP contribution in [0.15, 0.2) is 12.1 Å². The zero-order chi connectivity index (χ0) is 14.6. The molecule has 0 saturated heterocycles. The average Bonchev–Trinajstić information content (AvgIpc) is 2.44. The molecule has 4 heteroatoms. The van der Waals surface area contributed by atoms with Crippen LogP contribution in [0, 0.1) is 18.6 Å². The van der Waals surface area contributed by atoms with E-state index in [9.17, 15) is 8.78 Å². The Hall–Kier alpha value is -1.00. The normalized spacial score (nSPS) is 13.6. The van der Waals surface area contributed by atoms with Crippen LogP contribution in [0.2, 0.25) is 0 Å². The third-order valence-corrected chi connectivity index (χ3v) is 4.03. The van der Waals surface area contributed by atoms with Crippen molar-refractivity contribution in [1.82, 2.24) is 5.32 Å². The molecule has 0 spiro atoms. The van der Waals surface area contributed by atoms with Crippen molar-refractivity contribution in [1.29, 1.82) is 0 Å². The van der Waals surface area contributed by atoms with Gasteiger partial charge in [0.1, 0.15) is 0 Å². The Morgan fingerprint density at radius 2 is 1.79 bits per heavy atom. The summed E-state index contributed by atoms with van der Waals surface area (Å²) in [5.74, 6) is -1.57. The zero-order valence-corrected chi connectivity index (χ0v) is 12.3. The molecule has 0 heterocycles. The minimum absolute atomic E-state index is 0.312. The van der Waals surface area contributed by atoms with Crippen LogP contribution in [0.5, 0.6) is 0 Å². The van der Waals surface area contributed by atoms with Crippen LogP contribution in [0.1, 0.15) is 43.9 Å². The van der Waals surface area contributed by atoms with E-state index in [-0.39, 0.29) is 6.04 Å². The lowest BCUT2D eigenvalue weighted by atomic mass is 9.83. The van der Waals surface area contributed by atoms with Gasteiger partial charge in [0.25, 0.3) is 0 Å². The first-order valence-corrected chi connectivity index (χ1v) is 6.64. The second-order valence-electron chi connectivity index (χ2n) is 4.80. The molecule has 19 heavy (non-hydrogen) atoms. The van der Waals surface area contributed by atoms with Crippen molar-refractivity contribution in [3.05, 3.63) is 34.9 Å². The molecule has 1 rings (SSSR count).